The van der Waals surface area contributed by atoms with E-state index in [1.807, 2.05) is 20.8 Å². The molecule has 0 radical (unpaired) electrons. The molecule has 0 saturated heterocycles. The van der Waals surface area contributed by atoms with Crippen molar-refractivity contribution in [2.45, 2.75) is 26.2 Å². The Morgan fingerprint density at radius 2 is 1.92 bits per heavy atom. The molecule has 0 aliphatic rings. The summed E-state index contributed by atoms with van der Waals surface area (Å²) in [5.74, 6) is -0.392. The smallest absolute Gasteiger partial charge is 0.237 e. The van der Waals surface area contributed by atoms with Crippen LogP contribution in [0.3, 0.4) is 0 Å². The van der Waals surface area contributed by atoms with Gasteiger partial charge in [-0.3, -0.25) is 4.68 Å². The molecule has 1 aromatic heterocycles. The van der Waals surface area contributed by atoms with Crippen LogP contribution in [0.2, 0.25) is 0 Å². The van der Waals surface area contributed by atoms with Crippen molar-refractivity contribution in [3.05, 3.63) is 16.1 Å². The van der Waals surface area contributed by atoms with Gasteiger partial charge in [-0.05, 0) is 21.3 Å². The number of halogens is 2. The highest BCUT2D eigenvalue weighted by Gasteiger charge is 2.25. The van der Waals surface area contributed by atoms with Gasteiger partial charge in [-0.25, -0.2) is 0 Å². The van der Waals surface area contributed by atoms with Gasteiger partial charge in [0.05, 0.1) is 0 Å². The van der Waals surface area contributed by atoms with Gasteiger partial charge in [0.15, 0.2) is 0 Å². The van der Waals surface area contributed by atoms with Crippen LogP contribution in [0.15, 0.2) is 4.60 Å². The largest absolute Gasteiger partial charge is 0.258 e. The topological polar surface area (TPSA) is 17.8 Å². The summed E-state index contributed by atoms with van der Waals surface area (Å²) in [6, 6.07) is 0. The molecule has 0 unspecified atom stereocenters. The summed E-state index contributed by atoms with van der Waals surface area (Å²) in [6.07, 6.45) is 0. The molecule has 0 N–H and O–H groups in total. The zero-order valence-electron chi connectivity index (χ0n) is 7.65. The number of hydrogen-bond acceptors (Lipinski definition) is 1. The normalized spacial score (nSPS) is 12.2. The highest BCUT2D eigenvalue weighted by molar-refractivity contribution is 9.10. The van der Waals surface area contributed by atoms with Crippen molar-refractivity contribution in [1.29, 1.82) is 0 Å². The quantitative estimate of drug-likeness (QED) is 0.675. The summed E-state index contributed by atoms with van der Waals surface area (Å²) >= 11 is 3.30. The molecule has 1 heterocycles. The van der Waals surface area contributed by atoms with Crippen molar-refractivity contribution in [3.63, 3.8) is 0 Å². The Kier molecular flexibility index (Phi) is 2.29. The minimum atomic E-state index is -0.392. The molecule has 1 rings (SSSR count). The van der Waals surface area contributed by atoms with Gasteiger partial charge in [0.2, 0.25) is 5.95 Å². The van der Waals surface area contributed by atoms with Crippen molar-refractivity contribution < 1.29 is 4.39 Å². The van der Waals surface area contributed by atoms with E-state index in [2.05, 4.69) is 21.0 Å². The Morgan fingerprint density at radius 1 is 1.42 bits per heavy atom. The first-order chi connectivity index (χ1) is 5.34. The standard InChI is InChI=1S/C8H12BrFN2/c1-8(2,3)5-6(9)12(4)11-7(5)10/h1-4H3. The summed E-state index contributed by atoms with van der Waals surface area (Å²) < 4.78 is 15.4. The van der Waals surface area contributed by atoms with Crippen molar-refractivity contribution in [1.82, 2.24) is 9.78 Å². The molecule has 0 saturated carbocycles. The number of hydrogen-bond donors (Lipinski definition) is 0. The van der Waals surface area contributed by atoms with E-state index in [9.17, 15) is 4.39 Å². The van der Waals surface area contributed by atoms with Crippen LogP contribution in [0.1, 0.15) is 26.3 Å². The minimum Gasteiger partial charge on any atom is -0.258 e. The predicted molar refractivity (Wildman–Crippen MR) is 49.6 cm³/mol. The van der Waals surface area contributed by atoms with Crippen molar-refractivity contribution in [3.8, 4) is 0 Å². The summed E-state index contributed by atoms with van der Waals surface area (Å²) in [5.41, 5.74) is 0.418. The zero-order chi connectivity index (χ0) is 9.52. The van der Waals surface area contributed by atoms with Crippen molar-refractivity contribution >= 4 is 15.9 Å². The first kappa shape index (κ1) is 9.71. The van der Waals surface area contributed by atoms with Crippen LogP contribution < -0.4 is 0 Å². The van der Waals surface area contributed by atoms with Crippen LogP contribution in [-0.2, 0) is 12.5 Å². The molecule has 0 fully saturated rings. The summed E-state index contributed by atoms with van der Waals surface area (Å²) in [4.78, 5) is 0. The number of nitrogens with zero attached hydrogens (tertiary/aromatic N) is 2. The molecular weight excluding hydrogens is 223 g/mol. The Balaban J connectivity index is 3.32. The second-order valence-corrected chi connectivity index (χ2v) is 4.58. The van der Waals surface area contributed by atoms with Crippen LogP contribution in [0.25, 0.3) is 0 Å². The Labute approximate surface area is 79.9 Å². The Hall–Kier alpha value is -0.380. The van der Waals surface area contributed by atoms with Crippen molar-refractivity contribution in [2.24, 2.45) is 7.05 Å². The van der Waals surface area contributed by atoms with E-state index < -0.39 is 5.95 Å². The van der Waals surface area contributed by atoms with E-state index in [-0.39, 0.29) is 5.41 Å². The van der Waals surface area contributed by atoms with Crippen LogP contribution in [-0.4, -0.2) is 9.78 Å². The van der Waals surface area contributed by atoms with Gasteiger partial charge in [-0.15, -0.1) is 5.10 Å². The highest BCUT2D eigenvalue weighted by atomic mass is 79.9. The molecule has 2 nitrogen and oxygen atoms in total. The molecule has 0 aliphatic heterocycles. The van der Waals surface area contributed by atoms with Gasteiger partial charge < -0.3 is 0 Å². The molecule has 0 spiro atoms. The first-order valence-electron chi connectivity index (χ1n) is 3.72. The maximum absolute atomic E-state index is 13.2. The molecule has 4 heteroatoms. The lowest BCUT2D eigenvalue weighted by Crippen LogP contribution is -2.12. The van der Waals surface area contributed by atoms with E-state index in [1.165, 1.54) is 4.68 Å². The summed E-state index contributed by atoms with van der Waals surface area (Å²) in [5, 5.41) is 3.68. The third kappa shape index (κ3) is 1.53. The maximum atomic E-state index is 13.2. The average molecular weight is 235 g/mol. The second kappa shape index (κ2) is 2.83. The maximum Gasteiger partial charge on any atom is 0.237 e. The molecule has 1 aromatic rings. The van der Waals surface area contributed by atoms with E-state index in [4.69, 9.17) is 0 Å². The highest BCUT2D eigenvalue weighted by Crippen LogP contribution is 2.31. The van der Waals surface area contributed by atoms with Gasteiger partial charge in [-0.1, -0.05) is 20.8 Å². The molecule has 0 aromatic carbocycles. The number of rotatable bonds is 0. The fraction of sp³-hybridized carbons (Fsp3) is 0.625. The fourth-order valence-electron chi connectivity index (χ4n) is 1.09. The lowest BCUT2D eigenvalue weighted by atomic mass is 9.89. The lowest BCUT2D eigenvalue weighted by molar-refractivity contribution is 0.501. The minimum absolute atomic E-state index is 0.211. The van der Waals surface area contributed by atoms with Gasteiger partial charge >= 0.3 is 0 Å². The van der Waals surface area contributed by atoms with Gasteiger partial charge in [-0.2, -0.15) is 4.39 Å². The molecule has 0 atom stereocenters. The molecule has 0 bridgehead atoms. The Bertz CT molecular complexity index is 299. The number of aryl methyl sites for hydroxylation is 1. The van der Waals surface area contributed by atoms with E-state index >= 15 is 0 Å². The third-order valence-electron chi connectivity index (χ3n) is 1.68. The summed E-state index contributed by atoms with van der Waals surface area (Å²) in [7, 11) is 1.71. The molecule has 0 aliphatic carbocycles. The van der Waals surface area contributed by atoms with Crippen LogP contribution in [0, 0.1) is 5.95 Å². The van der Waals surface area contributed by atoms with Crippen LogP contribution in [0.4, 0.5) is 4.39 Å². The van der Waals surface area contributed by atoms with E-state index in [1.54, 1.807) is 7.05 Å². The fourth-order valence-corrected chi connectivity index (χ4v) is 1.93. The number of aromatic nitrogens is 2. The lowest BCUT2D eigenvalue weighted by Gasteiger charge is -2.16. The van der Waals surface area contributed by atoms with Gasteiger partial charge in [0.25, 0.3) is 0 Å². The monoisotopic (exact) mass is 234 g/mol. The van der Waals surface area contributed by atoms with Gasteiger partial charge in [0, 0.05) is 12.6 Å². The second-order valence-electron chi connectivity index (χ2n) is 3.83. The third-order valence-corrected chi connectivity index (χ3v) is 2.59. The Morgan fingerprint density at radius 3 is 2.08 bits per heavy atom. The first-order valence-corrected chi connectivity index (χ1v) is 4.52. The molecule has 0 amide bonds. The van der Waals surface area contributed by atoms with Gasteiger partial charge in [0.1, 0.15) is 4.60 Å². The SMILES string of the molecule is Cn1nc(F)c(C(C)(C)C)c1Br. The molecule has 12 heavy (non-hydrogen) atoms. The summed E-state index contributed by atoms with van der Waals surface area (Å²) in [6.45, 7) is 5.87. The zero-order valence-corrected chi connectivity index (χ0v) is 9.24. The molecular formula is C8H12BrFN2. The van der Waals surface area contributed by atoms with E-state index in [0.29, 0.717) is 10.2 Å². The van der Waals surface area contributed by atoms with Crippen LogP contribution >= 0.6 is 15.9 Å². The van der Waals surface area contributed by atoms with Crippen LogP contribution in [0.5, 0.6) is 0 Å². The van der Waals surface area contributed by atoms with E-state index in [0.717, 1.165) is 0 Å². The predicted octanol–water partition coefficient (Wildman–Crippen LogP) is 2.62. The van der Waals surface area contributed by atoms with Crippen molar-refractivity contribution in [2.75, 3.05) is 0 Å². The molecule has 68 valence electrons. The average Bonchev–Trinajstić information content (AvgIpc) is 2.05.